The van der Waals surface area contributed by atoms with Crippen molar-refractivity contribution in [1.82, 2.24) is 14.9 Å². The molecule has 1 heterocycles. The predicted molar refractivity (Wildman–Crippen MR) is 68.5 cm³/mol. The third kappa shape index (κ3) is 3.15. The van der Waals surface area contributed by atoms with Crippen LogP contribution in [0.5, 0.6) is 0 Å². The van der Waals surface area contributed by atoms with Crippen LogP contribution in [0.4, 0.5) is 5.82 Å². The molecule has 2 rings (SSSR count). The molecule has 0 aliphatic heterocycles. The summed E-state index contributed by atoms with van der Waals surface area (Å²) in [6.45, 7) is 5.37. The number of rotatable bonds is 6. The van der Waals surface area contributed by atoms with Crippen molar-refractivity contribution in [3.8, 4) is 0 Å². The van der Waals surface area contributed by atoms with Crippen LogP contribution in [0.15, 0.2) is 17.0 Å². The van der Waals surface area contributed by atoms with Crippen LogP contribution in [0.2, 0.25) is 0 Å². The van der Waals surface area contributed by atoms with Gasteiger partial charge in [0.2, 0.25) is 0 Å². The molecule has 0 unspecified atom stereocenters. The second-order valence-electron chi connectivity index (χ2n) is 4.01. The summed E-state index contributed by atoms with van der Waals surface area (Å²) in [5, 5.41) is 3.32. The van der Waals surface area contributed by atoms with Gasteiger partial charge in [0.15, 0.2) is 0 Å². The van der Waals surface area contributed by atoms with Crippen LogP contribution in [0.3, 0.4) is 0 Å². The summed E-state index contributed by atoms with van der Waals surface area (Å²) in [5.74, 6) is 0.877. The van der Waals surface area contributed by atoms with Crippen molar-refractivity contribution in [3.05, 3.63) is 17.0 Å². The molecule has 1 aliphatic carbocycles. The Balaban J connectivity index is 1.77. The second-order valence-corrected chi connectivity index (χ2v) is 4.86. The molecule has 88 valence electrons. The van der Waals surface area contributed by atoms with Crippen molar-refractivity contribution in [2.24, 2.45) is 0 Å². The van der Waals surface area contributed by atoms with Crippen LogP contribution in [0.1, 0.15) is 19.8 Å². The Bertz CT molecular complexity index is 341. The molecule has 0 aromatic carbocycles. The van der Waals surface area contributed by atoms with E-state index in [-0.39, 0.29) is 0 Å². The maximum absolute atomic E-state index is 4.17. The van der Waals surface area contributed by atoms with Gasteiger partial charge in [0.25, 0.3) is 0 Å². The van der Waals surface area contributed by atoms with E-state index in [9.17, 15) is 0 Å². The topological polar surface area (TPSA) is 41.0 Å². The van der Waals surface area contributed by atoms with Gasteiger partial charge in [-0.25, -0.2) is 9.97 Å². The van der Waals surface area contributed by atoms with Crippen molar-refractivity contribution in [1.29, 1.82) is 0 Å². The molecule has 5 heteroatoms. The number of halogens is 1. The van der Waals surface area contributed by atoms with E-state index in [1.165, 1.54) is 12.8 Å². The first-order valence-electron chi connectivity index (χ1n) is 5.74. The number of likely N-dealkylation sites (N-methyl/N-ethyl adjacent to an activating group) is 1. The van der Waals surface area contributed by atoms with Crippen LogP contribution in [0, 0.1) is 0 Å². The van der Waals surface area contributed by atoms with E-state index in [0.29, 0.717) is 0 Å². The van der Waals surface area contributed by atoms with Gasteiger partial charge in [0, 0.05) is 25.3 Å². The molecule has 0 spiro atoms. The van der Waals surface area contributed by atoms with Crippen LogP contribution in [-0.2, 0) is 0 Å². The Morgan fingerprint density at radius 3 is 3.00 bits per heavy atom. The number of hydrogen-bond donors (Lipinski definition) is 1. The number of anilines is 1. The highest BCUT2D eigenvalue weighted by molar-refractivity contribution is 9.10. The van der Waals surface area contributed by atoms with E-state index in [1.54, 1.807) is 12.5 Å². The Morgan fingerprint density at radius 2 is 2.38 bits per heavy atom. The van der Waals surface area contributed by atoms with Gasteiger partial charge in [0.05, 0.1) is 4.47 Å². The minimum atomic E-state index is 0.834. The van der Waals surface area contributed by atoms with Crippen molar-refractivity contribution in [2.75, 3.05) is 25.0 Å². The zero-order chi connectivity index (χ0) is 11.4. The summed E-state index contributed by atoms with van der Waals surface area (Å²) in [7, 11) is 0. The molecule has 16 heavy (non-hydrogen) atoms. The van der Waals surface area contributed by atoms with Gasteiger partial charge in [-0.1, -0.05) is 6.92 Å². The molecule has 1 aliphatic rings. The van der Waals surface area contributed by atoms with Crippen LogP contribution >= 0.6 is 15.9 Å². The summed E-state index contributed by atoms with van der Waals surface area (Å²) in [6.07, 6.45) is 6.05. The Labute approximate surface area is 105 Å². The highest BCUT2D eigenvalue weighted by Gasteiger charge is 2.27. The summed E-state index contributed by atoms with van der Waals surface area (Å²) in [4.78, 5) is 10.6. The number of nitrogens with one attached hydrogen (secondary N) is 1. The fraction of sp³-hybridized carbons (Fsp3) is 0.636. The molecular formula is C11H17BrN4. The van der Waals surface area contributed by atoms with E-state index >= 15 is 0 Å². The lowest BCUT2D eigenvalue weighted by Gasteiger charge is -2.20. The average molecular weight is 285 g/mol. The first-order valence-corrected chi connectivity index (χ1v) is 6.54. The zero-order valence-electron chi connectivity index (χ0n) is 9.49. The average Bonchev–Trinajstić information content (AvgIpc) is 3.11. The van der Waals surface area contributed by atoms with Gasteiger partial charge in [-0.2, -0.15) is 0 Å². The third-order valence-electron chi connectivity index (χ3n) is 2.83. The smallest absolute Gasteiger partial charge is 0.143 e. The minimum absolute atomic E-state index is 0.834. The van der Waals surface area contributed by atoms with Gasteiger partial charge >= 0.3 is 0 Å². The SMILES string of the molecule is CCN(CCNc1ncncc1Br)C1CC1. The molecule has 0 amide bonds. The van der Waals surface area contributed by atoms with Gasteiger partial charge in [-0.05, 0) is 35.3 Å². The van der Waals surface area contributed by atoms with E-state index in [4.69, 9.17) is 0 Å². The van der Waals surface area contributed by atoms with Crippen LogP contribution in [0.25, 0.3) is 0 Å². The molecular weight excluding hydrogens is 268 g/mol. The number of aromatic nitrogens is 2. The normalized spacial score (nSPS) is 15.4. The Morgan fingerprint density at radius 1 is 1.56 bits per heavy atom. The zero-order valence-corrected chi connectivity index (χ0v) is 11.1. The lowest BCUT2D eigenvalue weighted by molar-refractivity contribution is 0.289. The summed E-state index contributed by atoms with van der Waals surface area (Å²) < 4.78 is 0.921. The van der Waals surface area contributed by atoms with Gasteiger partial charge in [-0.15, -0.1) is 0 Å². The van der Waals surface area contributed by atoms with Crippen molar-refractivity contribution in [2.45, 2.75) is 25.8 Å². The monoisotopic (exact) mass is 284 g/mol. The van der Waals surface area contributed by atoms with Gasteiger partial charge in [0.1, 0.15) is 12.1 Å². The standard InChI is InChI=1S/C11H17BrN4/c1-2-16(9-3-4-9)6-5-14-11-10(12)7-13-8-15-11/h7-9H,2-6H2,1H3,(H,13,14,15). The van der Waals surface area contributed by atoms with E-state index in [0.717, 1.165) is 36.0 Å². The summed E-state index contributed by atoms with van der Waals surface area (Å²) in [6, 6.07) is 0.834. The van der Waals surface area contributed by atoms with E-state index in [1.807, 2.05) is 0 Å². The minimum Gasteiger partial charge on any atom is -0.368 e. The molecule has 0 bridgehead atoms. The van der Waals surface area contributed by atoms with Gasteiger partial charge < -0.3 is 5.32 Å². The fourth-order valence-corrected chi connectivity index (χ4v) is 2.16. The molecule has 0 saturated heterocycles. The predicted octanol–water partition coefficient (Wildman–Crippen LogP) is 2.14. The molecule has 0 radical (unpaired) electrons. The van der Waals surface area contributed by atoms with E-state index in [2.05, 4.69) is 43.0 Å². The van der Waals surface area contributed by atoms with Crippen molar-refractivity contribution in [3.63, 3.8) is 0 Å². The maximum atomic E-state index is 4.17. The molecule has 1 saturated carbocycles. The Kier molecular flexibility index (Phi) is 4.12. The molecule has 1 fully saturated rings. The molecule has 0 atom stereocenters. The summed E-state index contributed by atoms with van der Waals surface area (Å²) in [5.41, 5.74) is 0. The Hall–Kier alpha value is -0.680. The second kappa shape index (κ2) is 5.59. The first kappa shape index (κ1) is 11.8. The number of nitrogens with zero attached hydrogens (tertiary/aromatic N) is 3. The van der Waals surface area contributed by atoms with Crippen LogP contribution < -0.4 is 5.32 Å². The lowest BCUT2D eigenvalue weighted by Crippen LogP contribution is -2.31. The molecule has 1 aromatic rings. The van der Waals surface area contributed by atoms with Crippen molar-refractivity contribution >= 4 is 21.7 Å². The summed E-state index contributed by atoms with van der Waals surface area (Å²) >= 11 is 3.42. The maximum Gasteiger partial charge on any atom is 0.143 e. The quantitative estimate of drug-likeness (QED) is 0.869. The van der Waals surface area contributed by atoms with E-state index < -0.39 is 0 Å². The third-order valence-corrected chi connectivity index (χ3v) is 3.41. The molecule has 1 N–H and O–H groups in total. The molecule has 4 nitrogen and oxygen atoms in total. The van der Waals surface area contributed by atoms with Crippen molar-refractivity contribution < 1.29 is 0 Å². The first-order chi connectivity index (χ1) is 7.81. The fourth-order valence-electron chi connectivity index (χ4n) is 1.80. The largest absolute Gasteiger partial charge is 0.368 e. The number of hydrogen-bond acceptors (Lipinski definition) is 4. The van der Waals surface area contributed by atoms with Crippen LogP contribution in [-0.4, -0.2) is 40.5 Å². The van der Waals surface area contributed by atoms with Gasteiger partial charge in [-0.3, -0.25) is 4.90 Å². The highest BCUT2D eigenvalue weighted by atomic mass is 79.9. The lowest BCUT2D eigenvalue weighted by atomic mass is 10.4. The molecule has 1 aromatic heterocycles. The highest BCUT2D eigenvalue weighted by Crippen LogP contribution is 2.26.